The Morgan fingerprint density at radius 3 is 2.14 bits per heavy atom. The van der Waals surface area contributed by atoms with Crippen LogP contribution < -0.4 is 5.32 Å². The number of hydrogen-bond donors (Lipinski definition) is 1. The molecule has 0 saturated heterocycles. The van der Waals surface area contributed by atoms with Crippen LogP contribution in [0.15, 0.2) is 72.8 Å². The van der Waals surface area contributed by atoms with Crippen molar-refractivity contribution < 1.29 is 9.59 Å². The third kappa shape index (κ3) is 6.53. The molecule has 0 spiro atoms. The van der Waals surface area contributed by atoms with Crippen LogP contribution >= 0.6 is 23.2 Å². The third-order valence-electron chi connectivity index (χ3n) is 6.99. The van der Waals surface area contributed by atoms with Gasteiger partial charge in [-0.25, -0.2) is 0 Å². The molecule has 1 aliphatic carbocycles. The van der Waals surface area contributed by atoms with Crippen molar-refractivity contribution in [2.24, 2.45) is 0 Å². The van der Waals surface area contributed by atoms with Crippen molar-refractivity contribution in [3.8, 4) is 11.1 Å². The largest absolute Gasteiger partial charge is 0.343 e. The van der Waals surface area contributed by atoms with Gasteiger partial charge < -0.3 is 15.1 Å². The molecule has 3 aromatic rings. The zero-order valence-electron chi connectivity index (χ0n) is 21.5. The van der Waals surface area contributed by atoms with E-state index in [1.165, 1.54) is 0 Å². The Morgan fingerprint density at radius 2 is 1.54 bits per heavy atom. The first-order valence-corrected chi connectivity index (χ1v) is 13.3. The van der Waals surface area contributed by atoms with Gasteiger partial charge in [-0.2, -0.15) is 0 Å². The molecular formula is C30H33Cl2N3O2. The topological polar surface area (TPSA) is 52.6 Å². The summed E-state index contributed by atoms with van der Waals surface area (Å²) in [5.74, 6) is -0.280. The maximum absolute atomic E-state index is 13.6. The number of carbonyl (C=O) groups excluding carboxylic acids is 2. The van der Waals surface area contributed by atoms with Crippen molar-refractivity contribution in [3.05, 3.63) is 94.0 Å². The minimum atomic E-state index is -0.723. The highest BCUT2D eigenvalue weighted by Gasteiger charge is 2.53. The number of carbonyl (C=O) groups is 2. The second kappa shape index (κ2) is 11.7. The lowest BCUT2D eigenvalue weighted by atomic mass is 9.93. The van der Waals surface area contributed by atoms with Gasteiger partial charge in [0, 0.05) is 36.6 Å². The Balaban J connectivity index is 1.55. The van der Waals surface area contributed by atoms with Crippen molar-refractivity contribution in [1.29, 1.82) is 0 Å². The van der Waals surface area contributed by atoms with Gasteiger partial charge in [0.15, 0.2) is 0 Å². The molecule has 0 heterocycles. The maximum Gasteiger partial charge on any atom is 0.245 e. The molecule has 0 aromatic heterocycles. The summed E-state index contributed by atoms with van der Waals surface area (Å²) in [6.45, 7) is 1.30. The van der Waals surface area contributed by atoms with Crippen LogP contribution in [0.5, 0.6) is 0 Å². The molecule has 1 fully saturated rings. The fourth-order valence-electron chi connectivity index (χ4n) is 4.54. The fraction of sp³-hybridized carbons (Fsp3) is 0.333. The Labute approximate surface area is 229 Å². The second-order valence-electron chi connectivity index (χ2n) is 10.1. The van der Waals surface area contributed by atoms with Crippen LogP contribution in [0.4, 0.5) is 0 Å². The predicted octanol–water partition coefficient (Wildman–Crippen LogP) is 5.44. The molecule has 3 aromatic carbocycles. The van der Waals surface area contributed by atoms with Crippen molar-refractivity contribution in [3.63, 3.8) is 0 Å². The molecule has 1 saturated carbocycles. The van der Waals surface area contributed by atoms with Gasteiger partial charge in [-0.15, -0.1) is 0 Å². The number of rotatable bonds is 10. The number of halogens is 2. The van der Waals surface area contributed by atoms with Crippen molar-refractivity contribution >= 4 is 35.0 Å². The highest BCUT2D eigenvalue weighted by atomic mass is 35.5. The average Bonchev–Trinajstić information content (AvgIpc) is 3.69. The SMILES string of the molecule is CN(C)CCN(C)C(=O)[C@H](Cc1ccc(-c2ccccc2)cc1)NC(=O)C1(c2ccc(Cl)cc2Cl)CC1. The lowest BCUT2D eigenvalue weighted by Gasteiger charge is -2.28. The normalized spacial score (nSPS) is 14.8. The van der Waals surface area contributed by atoms with Crippen LogP contribution in [0, 0.1) is 0 Å². The van der Waals surface area contributed by atoms with Gasteiger partial charge in [0.2, 0.25) is 11.8 Å². The van der Waals surface area contributed by atoms with E-state index < -0.39 is 11.5 Å². The molecule has 37 heavy (non-hydrogen) atoms. The van der Waals surface area contributed by atoms with E-state index in [9.17, 15) is 9.59 Å². The van der Waals surface area contributed by atoms with E-state index in [4.69, 9.17) is 23.2 Å². The molecule has 5 nitrogen and oxygen atoms in total. The number of amides is 2. The van der Waals surface area contributed by atoms with Gasteiger partial charge in [-0.3, -0.25) is 9.59 Å². The van der Waals surface area contributed by atoms with Crippen LogP contribution in [0.2, 0.25) is 10.0 Å². The van der Waals surface area contributed by atoms with Crippen LogP contribution in [0.3, 0.4) is 0 Å². The Bertz CT molecular complexity index is 1240. The summed E-state index contributed by atoms with van der Waals surface area (Å²) < 4.78 is 0. The summed E-state index contributed by atoms with van der Waals surface area (Å²) in [6, 6.07) is 22.9. The van der Waals surface area contributed by atoms with Crippen LogP contribution in [-0.4, -0.2) is 61.9 Å². The van der Waals surface area contributed by atoms with Crippen molar-refractivity contribution in [1.82, 2.24) is 15.1 Å². The molecule has 1 N–H and O–H groups in total. The highest BCUT2D eigenvalue weighted by molar-refractivity contribution is 6.35. The minimum absolute atomic E-state index is 0.111. The highest BCUT2D eigenvalue weighted by Crippen LogP contribution is 2.51. The molecule has 1 aliphatic rings. The Kier molecular flexibility index (Phi) is 8.58. The molecule has 2 amide bonds. The summed E-state index contributed by atoms with van der Waals surface area (Å²) in [5.41, 5.74) is 3.26. The standard InChI is InChI=1S/C30H33Cl2N3O2/c1-34(2)17-18-35(3)28(36)27(19-21-9-11-23(12-10-21)22-7-5-4-6-8-22)33-29(37)30(15-16-30)25-14-13-24(31)20-26(25)32/h4-14,20,27H,15-19H2,1-3H3,(H,33,37)/t27-/m0/s1. The summed E-state index contributed by atoms with van der Waals surface area (Å²) >= 11 is 12.6. The van der Waals surface area contributed by atoms with Gasteiger partial charge in [-0.05, 0) is 61.3 Å². The number of hydrogen-bond acceptors (Lipinski definition) is 3. The first-order chi connectivity index (χ1) is 17.7. The van der Waals surface area contributed by atoms with E-state index in [-0.39, 0.29) is 11.8 Å². The fourth-order valence-corrected chi connectivity index (χ4v) is 5.13. The van der Waals surface area contributed by atoms with E-state index in [1.54, 1.807) is 24.1 Å². The summed E-state index contributed by atoms with van der Waals surface area (Å²) in [4.78, 5) is 30.9. The average molecular weight is 539 g/mol. The summed E-state index contributed by atoms with van der Waals surface area (Å²) in [5, 5.41) is 4.09. The molecule has 0 unspecified atom stereocenters. The number of benzene rings is 3. The monoisotopic (exact) mass is 537 g/mol. The number of nitrogens with zero attached hydrogens (tertiary/aromatic N) is 2. The van der Waals surface area contributed by atoms with E-state index >= 15 is 0 Å². The zero-order chi connectivity index (χ0) is 26.6. The minimum Gasteiger partial charge on any atom is -0.343 e. The van der Waals surface area contributed by atoms with Crippen LogP contribution in [0.1, 0.15) is 24.0 Å². The molecule has 4 rings (SSSR count). The van der Waals surface area contributed by atoms with Crippen molar-refractivity contribution in [2.75, 3.05) is 34.2 Å². The van der Waals surface area contributed by atoms with Gasteiger partial charge in [-0.1, -0.05) is 83.9 Å². The maximum atomic E-state index is 13.6. The predicted molar refractivity (Wildman–Crippen MR) is 151 cm³/mol. The van der Waals surface area contributed by atoms with E-state index in [0.717, 1.165) is 28.8 Å². The number of likely N-dealkylation sites (N-methyl/N-ethyl adjacent to an activating group) is 2. The van der Waals surface area contributed by atoms with Gasteiger partial charge in [0.05, 0.1) is 5.41 Å². The van der Waals surface area contributed by atoms with Crippen LogP contribution in [0.25, 0.3) is 11.1 Å². The molecule has 0 aliphatic heterocycles. The first kappa shape index (κ1) is 27.2. The van der Waals surface area contributed by atoms with Crippen molar-refractivity contribution in [2.45, 2.75) is 30.7 Å². The lowest BCUT2D eigenvalue weighted by Crippen LogP contribution is -2.52. The molecule has 0 radical (unpaired) electrons. The zero-order valence-corrected chi connectivity index (χ0v) is 23.0. The number of nitrogens with one attached hydrogen (secondary N) is 1. The third-order valence-corrected chi connectivity index (χ3v) is 7.54. The quantitative estimate of drug-likeness (QED) is 0.374. The second-order valence-corrected chi connectivity index (χ2v) is 10.9. The summed E-state index contributed by atoms with van der Waals surface area (Å²) in [7, 11) is 5.73. The van der Waals surface area contributed by atoms with Gasteiger partial charge >= 0.3 is 0 Å². The van der Waals surface area contributed by atoms with E-state index in [0.29, 0.717) is 35.9 Å². The molecule has 0 bridgehead atoms. The molecule has 1 atom stereocenters. The van der Waals surface area contributed by atoms with E-state index in [1.807, 2.05) is 55.4 Å². The lowest BCUT2D eigenvalue weighted by molar-refractivity contribution is -0.136. The summed E-state index contributed by atoms with van der Waals surface area (Å²) in [6.07, 6.45) is 1.77. The van der Waals surface area contributed by atoms with Gasteiger partial charge in [0.1, 0.15) is 6.04 Å². The first-order valence-electron chi connectivity index (χ1n) is 12.5. The Hall–Kier alpha value is -2.86. The Morgan fingerprint density at radius 1 is 0.892 bits per heavy atom. The van der Waals surface area contributed by atoms with Crippen LogP contribution in [-0.2, 0) is 21.4 Å². The van der Waals surface area contributed by atoms with Gasteiger partial charge in [0.25, 0.3) is 0 Å². The molecule has 7 heteroatoms. The molecular weight excluding hydrogens is 505 g/mol. The molecule has 194 valence electrons. The van der Waals surface area contributed by atoms with E-state index in [2.05, 4.69) is 29.6 Å². The smallest absolute Gasteiger partial charge is 0.245 e.